The maximum absolute atomic E-state index is 12.5. The van der Waals surface area contributed by atoms with Crippen molar-refractivity contribution in [2.75, 3.05) is 5.32 Å². The van der Waals surface area contributed by atoms with E-state index in [2.05, 4.69) is 28.6 Å². The zero-order valence-corrected chi connectivity index (χ0v) is 15.2. The molecule has 132 valence electrons. The number of aryl methyl sites for hydroxylation is 2. The van der Waals surface area contributed by atoms with Gasteiger partial charge in [-0.25, -0.2) is 4.68 Å². The Hall–Kier alpha value is -2.59. The molecule has 0 radical (unpaired) electrons. The van der Waals surface area contributed by atoms with E-state index in [1.165, 1.54) is 17.5 Å². The number of aromatic nitrogens is 2. The molecule has 0 aliphatic heterocycles. The van der Waals surface area contributed by atoms with Gasteiger partial charge in [0.1, 0.15) is 5.82 Å². The minimum atomic E-state index is -0.0270. The van der Waals surface area contributed by atoms with Crippen LogP contribution in [0.15, 0.2) is 54.7 Å². The fraction of sp³-hybridized carbons (Fsp3) is 0.238. The first-order valence-corrected chi connectivity index (χ1v) is 9.22. The number of nitrogens with one attached hydrogen (secondary N) is 1. The molecule has 0 saturated heterocycles. The van der Waals surface area contributed by atoms with Crippen molar-refractivity contribution in [3.63, 3.8) is 0 Å². The van der Waals surface area contributed by atoms with Crippen molar-refractivity contribution < 1.29 is 4.79 Å². The van der Waals surface area contributed by atoms with Crippen molar-refractivity contribution in [3.05, 3.63) is 82.0 Å². The molecular formula is C21H20ClN3O. The lowest BCUT2D eigenvalue weighted by atomic mass is 10.0. The number of hydrogen-bond donors (Lipinski definition) is 1. The molecular weight excluding hydrogens is 346 g/mol. The summed E-state index contributed by atoms with van der Waals surface area (Å²) in [6.07, 6.45) is 5.57. The second-order valence-electron chi connectivity index (χ2n) is 6.68. The van der Waals surface area contributed by atoms with Gasteiger partial charge in [-0.05, 0) is 53.6 Å². The number of nitrogens with zero attached hydrogens (tertiary/aromatic N) is 2. The van der Waals surface area contributed by atoms with Crippen molar-refractivity contribution in [2.45, 2.75) is 32.2 Å². The van der Waals surface area contributed by atoms with E-state index in [0.29, 0.717) is 23.8 Å². The SMILES string of the molecule is O=C(Cc1ccc2c(c1)CCC2)Nc1ccnn1Cc1ccc(Cl)cc1. The van der Waals surface area contributed by atoms with Gasteiger partial charge in [0, 0.05) is 11.1 Å². The molecule has 0 unspecified atom stereocenters. The predicted molar refractivity (Wildman–Crippen MR) is 104 cm³/mol. The largest absolute Gasteiger partial charge is 0.311 e. The summed E-state index contributed by atoms with van der Waals surface area (Å²) in [7, 11) is 0. The number of rotatable bonds is 5. The van der Waals surface area contributed by atoms with Gasteiger partial charge in [-0.15, -0.1) is 0 Å². The van der Waals surface area contributed by atoms with Crippen molar-refractivity contribution in [1.29, 1.82) is 0 Å². The number of amides is 1. The zero-order chi connectivity index (χ0) is 17.9. The molecule has 0 bridgehead atoms. The van der Waals surface area contributed by atoms with E-state index in [1.54, 1.807) is 10.9 Å². The van der Waals surface area contributed by atoms with Crippen LogP contribution in [0.5, 0.6) is 0 Å². The molecule has 3 aromatic rings. The monoisotopic (exact) mass is 365 g/mol. The van der Waals surface area contributed by atoms with Gasteiger partial charge >= 0.3 is 0 Å². The van der Waals surface area contributed by atoms with Gasteiger partial charge < -0.3 is 5.32 Å². The Morgan fingerprint density at radius 3 is 2.65 bits per heavy atom. The summed E-state index contributed by atoms with van der Waals surface area (Å²) in [5.74, 6) is 0.673. The Labute approximate surface area is 157 Å². The third kappa shape index (κ3) is 3.81. The van der Waals surface area contributed by atoms with Crippen LogP contribution in [-0.2, 0) is 30.6 Å². The molecule has 26 heavy (non-hydrogen) atoms. The van der Waals surface area contributed by atoms with E-state index in [9.17, 15) is 4.79 Å². The fourth-order valence-electron chi connectivity index (χ4n) is 3.44. The first-order chi connectivity index (χ1) is 12.7. The number of halogens is 1. The lowest BCUT2D eigenvalue weighted by molar-refractivity contribution is -0.115. The Kier molecular flexibility index (Phi) is 4.76. The highest BCUT2D eigenvalue weighted by Crippen LogP contribution is 2.23. The van der Waals surface area contributed by atoms with Crippen LogP contribution in [-0.4, -0.2) is 15.7 Å². The zero-order valence-electron chi connectivity index (χ0n) is 14.4. The topological polar surface area (TPSA) is 46.9 Å². The molecule has 0 saturated carbocycles. The van der Waals surface area contributed by atoms with E-state index in [4.69, 9.17) is 11.6 Å². The number of fused-ring (bicyclic) bond motifs is 1. The average Bonchev–Trinajstić information content (AvgIpc) is 3.26. The van der Waals surface area contributed by atoms with Gasteiger partial charge in [-0.1, -0.05) is 41.9 Å². The van der Waals surface area contributed by atoms with Gasteiger partial charge in [0.05, 0.1) is 19.2 Å². The molecule has 1 N–H and O–H groups in total. The number of hydrogen-bond acceptors (Lipinski definition) is 2. The molecule has 0 spiro atoms. The number of carbonyl (C=O) groups is 1. The Morgan fingerprint density at radius 1 is 1.04 bits per heavy atom. The second-order valence-corrected chi connectivity index (χ2v) is 7.12. The van der Waals surface area contributed by atoms with Crippen LogP contribution in [0, 0.1) is 0 Å². The second kappa shape index (κ2) is 7.34. The van der Waals surface area contributed by atoms with Crippen molar-refractivity contribution in [1.82, 2.24) is 9.78 Å². The molecule has 4 rings (SSSR count). The minimum Gasteiger partial charge on any atom is -0.311 e. The molecule has 1 heterocycles. The molecule has 1 aliphatic rings. The van der Waals surface area contributed by atoms with Crippen LogP contribution in [0.3, 0.4) is 0 Å². The quantitative estimate of drug-likeness (QED) is 0.734. The van der Waals surface area contributed by atoms with E-state index < -0.39 is 0 Å². The number of anilines is 1. The van der Waals surface area contributed by atoms with Crippen LogP contribution in [0.1, 0.15) is 28.7 Å². The first kappa shape index (κ1) is 16.9. The highest BCUT2D eigenvalue weighted by Gasteiger charge is 2.13. The van der Waals surface area contributed by atoms with Crippen molar-refractivity contribution >= 4 is 23.3 Å². The van der Waals surface area contributed by atoms with E-state index in [0.717, 1.165) is 24.0 Å². The molecule has 0 fully saturated rings. The van der Waals surface area contributed by atoms with Crippen LogP contribution in [0.25, 0.3) is 0 Å². The maximum atomic E-state index is 12.5. The normalized spacial score (nSPS) is 12.8. The maximum Gasteiger partial charge on any atom is 0.229 e. The highest BCUT2D eigenvalue weighted by atomic mass is 35.5. The van der Waals surface area contributed by atoms with Gasteiger partial charge in [0.2, 0.25) is 5.91 Å². The van der Waals surface area contributed by atoms with Crippen molar-refractivity contribution in [2.24, 2.45) is 0 Å². The van der Waals surface area contributed by atoms with Crippen molar-refractivity contribution in [3.8, 4) is 0 Å². The van der Waals surface area contributed by atoms with Gasteiger partial charge in [-0.3, -0.25) is 4.79 Å². The summed E-state index contributed by atoms with van der Waals surface area (Å²) >= 11 is 5.93. The van der Waals surface area contributed by atoms with Crippen LogP contribution < -0.4 is 5.32 Å². The molecule has 2 aromatic carbocycles. The minimum absolute atomic E-state index is 0.0270. The van der Waals surface area contributed by atoms with Gasteiger partial charge in [0.15, 0.2) is 0 Å². The van der Waals surface area contributed by atoms with Crippen LogP contribution in [0.4, 0.5) is 5.82 Å². The Bertz CT molecular complexity index is 931. The number of benzene rings is 2. The summed E-state index contributed by atoms with van der Waals surface area (Å²) < 4.78 is 1.78. The third-order valence-electron chi connectivity index (χ3n) is 4.76. The van der Waals surface area contributed by atoms with E-state index >= 15 is 0 Å². The molecule has 0 atom stereocenters. The summed E-state index contributed by atoms with van der Waals surface area (Å²) in [5.41, 5.74) is 4.96. The molecule has 1 amide bonds. The highest BCUT2D eigenvalue weighted by molar-refractivity contribution is 6.30. The first-order valence-electron chi connectivity index (χ1n) is 8.84. The smallest absolute Gasteiger partial charge is 0.229 e. The third-order valence-corrected chi connectivity index (χ3v) is 5.01. The van der Waals surface area contributed by atoms with E-state index in [1.807, 2.05) is 30.3 Å². The summed E-state index contributed by atoms with van der Waals surface area (Å²) in [6, 6.07) is 15.8. The molecule has 5 heteroatoms. The standard InChI is InChI=1S/C21H20ClN3O/c22-19-8-5-15(6-9-19)14-25-20(10-11-23-25)24-21(26)13-16-4-7-17-2-1-3-18(17)12-16/h4-12H,1-3,13-14H2,(H,24,26). The summed E-state index contributed by atoms with van der Waals surface area (Å²) in [6.45, 7) is 0.582. The summed E-state index contributed by atoms with van der Waals surface area (Å²) in [4.78, 5) is 12.5. The lowest BCUT2D eigenvalue weighted by Gasteiger charge is -2.10. The number of carbonyl (C=O) groups excluding carboxylic acids is 1. The van der Waals surface area contributed by atoms with Gasteiger partial charge in [0.25, 0.3) is 0 Å². The average molecular weight is 366 g/mol. The van der Waals surface area contributed by atoms with Crippen LogP contribution >= 0.6 is 11.6 Å². The van der Waals surface area contributed by atoms with E-state index in [-0.39, 0.29) is 5.91 Å². The molecule has 1 aliphatic carbocycles. The lowest BCUT2D eigenvalue weighted by Crippen LogP contribution is -2.18. The molecule has 4 nitrogen and oxygen atoms in total. The van der Waals surface area contributed by atoms with Gasteiger partial charge in [-0.2, -0.15) is 5.10 Å². The predicted octanol–water partition coefficient (Wildman–Crippen LogP) is 4.25. The fourth-order valence-corrected chi connectivity index (χ4v) is 3.56. The Balaban J connectivity index is 1.42. The summed E-state index contributed by atoms with van der Waals surface area (Å²) in [5, 5.41) is 7.99. The molecule has 1 aromatic heterocycles. The Morgan fingerprint density at radius 2 is 1.81 bits per heavy atom. The van der Waals surface area contributed by atoms with Crippen LogP contribution in [0.2, 0.25) is 5.02 Å².